The fourth-order valence-corrected chi connectivity index (χ4v) is 2.77. The normalized spacial score (nSPS) is 10.4. The van der Waals surface area contributed by atoms with Gasteiger partial charge in [-0.15, -0.1) is 0 Å². The predicted molar refractivity (Wildman–Crippen MR) is 99.7 cm³/mol. The zero-order valence-corrected chi connectivity index (χ0v) is 15.8. The van der Waals surface area contributed by atoms with Crippen LogP contribution in [0.5, 0.6) is 17.2 Å². The number of halogens is 1. The molecule has 0 aromatic heterocycles. The smallest absolute Gasteiger partial charge is 0.179 e. The first-order chi connectivity index (χ1) is 12.0. The maximum absolute atomic E-state index is 11.0. The molecule has 0 aliphatic carbocycles. The molecule has 134 valence electrons. The van der Waals surface area contributed by atoms with Crippen LogP contribution in [0.2, 0.25) is 5.02 Å². The number of hydrogen-bond acceptors (Lipinski definition) is 4. The molecule has 0 aliphatic rings. The zero-order valence-electron chi connectivity index (χ0n) is 15.0. The van der Waals surface area contributed by atoms with E-state index in [2.05, 4.69) is 13.0 Å². The van der Waals surface area contributed by atoms with Crippen molar-refractivity contribution in [2.75, 3.05) is 19.8 Å². The Morgan fingerprint density at radius 1 is 0.960 bits per heavy atom. The Morgan fingerprint density at radius 2 is 1.60 bits per heavy atom. The van der Waals surface area contributed by atoms with E-state index in [1.54, 1.807) is 12.1 Å². The van der Waals surface area contributed by atoms with E-state index in [1.165, 1.54) is 5.56 Å². The van der Waals surface area contributed by atoms with Crippen molar-refractivity contribution in [1.29, 1.82) is 0 Å². The second-order valence-corrected chi connectivity index (χ2v) is 6.14. The van der Waals surface area contributed by atoms with E-state index in [4.69, 9.17) is 25.8 Å². The highest BCUT2D eigenvalue weighted by Gasteiger charge is 2.13. The SMILES string of the molecule is CCOc1cc(C=O)cc(Cl)c1OCCOc1c(C)ccc(C)c1C. The lowest BCUT2D eigenvalue weighted by molar-refractivity contribution is 0.112. The Morgan fingerprint density at radius 3 is 2.24 bits per heavy atom. The van der Waals surface area contributed by atoms with Crippen molar-refractivity contribution in [2.45, 2.75) is 27.7 Å². The van der Waals surface area contributed by atoms with E-state index in [9.17, 15) is 4.79 Å². The highest BCUT2D eigenvalue weighted by Crippen LogP contribution is 2.36. The van der Waals surface area contributed by atoms with Gasteiger partial charge in [0, 0.05) is 5.56 Å². The van der Waals surface area contributed by atoms with Crippen LogP contribution in [0.4, 0.5) is 0 Å². The molecule has 0 aliphatic heterocycles. The van der Waals surface area contributed by atoms with Crippen molar-refractivity contribution in [3.63, 3.8) is 0 Å². The van der Waals surface area contributed by atoms with Crippen LogP contribution in [0.3, 0.4) is 0 Å². The third-order valence-corrected chi connectivity index (χ3v) is 4.20. The molecule has 2 aromatic carbocycles. The number of carbonyl (C=O) groups is 1. The van der Waals surface area contributed by atoms with Crippen LogP contribution >= 0.6 is 11.6 Å². The Kier molecular flexibility index (Phi) is 6.71. The van der Waals surface area contributed by atoms with Crippen LogP contribution in [-0.2, 0) is 0 Å². The van der Waals surface area contributed by atoms with Crippen LogP contribution < -0.4 is 14.2 Å². The molecule has 0 N–H and O–H groups in total. The Hall–Kier alpha value is -2.20. The topological polar surface area (TPSA) is 44.8 Å². The van der Waals surface area contributed by atoms with E-state index >= 15 is 0 Å². The fraction of sp³-hybridized carbons (Fsp3) is 0.350. The van der Waals surface area contributed by atoms with Gasteiger partial charge in [-0.1, -0.05) is 23.7 Å². The molecule has 25 heavy (non-hydrogen) atoms. The summed E-state index contributed by atoms with van der Waals surface area (Å²) in [5.41, 5.74) is 3.85. The first-order valence-electron chi connectivity index (χ1n) is 8.21. The molecule has 0 bridgehead atoms. The number of aldehydes is 1. The highest BCUT2D eigenvalue weighted by atomic mass is 35.5. The zero-order chi connectivity index (χ0) is 18.4. The number of hydrogen-bond donors (Lipinski definition) is 0. The minimum atomic E-state index is 0.313. The summed E-state index contributed by atoms with van der Waals surface area (Å²) in [6.45, 7) is 9.12. The lowest BCUT2D eigenvalue weighted by atomic mass is 10.1. The minimum Gasteiger partial charge on any atom is -0.490 e. The number of rotatable bonds is 8. The first-order valence-corrected chi connectivity index (χ1v) is 8.59. The summed E-state index contributed by atoms with van der Waals surface area (Å²) in [7, 11) is 0. The van der Waals surface area contributed by atoms with Gasteiger partial charge in [0.2, 0.25) is 0 Å². The van der Waals surface area contributed by atoms with Crippen LogP contribution in [0, 0.1) is 20.8 Å². The summed E-state index contributed by atoms with van der Waals surface area (Å²) in [4.78, 5) is 11.0. The molecule has 0 saturated heterocycles. The Balaban J connectivity index is 2.05. The van der Waals surface area contributed by atoms with Crippen LogP contribution in [0.15, 0.2) is 24.3 Å². The summed E-state index contributed by atoms with van der Waals surface area (Å²) >= 11 is 6.21. The molecular weight excluding hydrogens is 340 g/mol. The first kappa shape index (κ1) is 19.1. The molecule has 4 nitrogen and oxygen atoms in total. The maximum atomic E-state index is 11.0. The fourth-order valence-electron chi connectivity index (χ4n) is 2.49. The van der Waals surface area contributed by atoms with Crippen molar-refractivity contribution < 1.29 is 19.0 Å². The number of aryl methyl sites for hydroxylation is 2. The van der Waals surface area contributed by atoms with Crippen LogP contribution in [-0.4, -0.2) is 26.1 Å². The average molecular weight is 363 g/mol. The average Bonchev–Trinajstić information content (AvgIpc) is 2.59. The van der Waals surface area contributed by atoms with Crippen molar-refractivity contribution in [3.8, 4) is 17.2 Å². The molecule has 0 amide bonds. The molecule has 5 heteroatoms. The van der Waals surface area contributed by atoms with Gasteiger partial charge in [-0.25, -0.2) is 0 Å². The summed E-state index contributed by atoms with van der Waals surface area (Å²) < 4.78 is 17.2. The molecule has 0 saturated carbocycles. The highest BCUT2D eigenvalue weighted by molar-refractivity contribution is 6.32. The number of ether oxygens (including phenoxy) is 3. The molecule has 2 aromatic rings. The van der Waals surface area contributed by atoms with Crippen molar-refractivity contribution >= 4 is 17.9 Å². The van der Waals surface area contributed by atoms with Gasteiger partial charge < -0.3 is 14.2 Å². The predicted octanol–water partition coefficient (Wildman–Crippen LogP) is 4.93. The van der Waals surface area contributed by atoms with Gasteiger partial charge in [0.05, 0.1) is 11.6 Å². The largest absolute Gasteiger partial charge is 0.490 e. The number of benzene rings is 2. The van der Waals surface area contributed by atoms with Crippen molar-refractivity contribution in [2.24, 2.45) is 0 Å². The second-order valence-electron chi connectivity index (χ2n) is 5.73. The quantitative estimate of drug-likeness (QED) is 0.493. The molecule has 0 heterocycles. The molecule has 0 fully saturated rings. The summed E-state index contributed by atoms with van der Waals surface area (Å²) in [5, 5.41) is 0.343. The van der Waals surface area contributed by atoms with E-state index in [0.717, 1.165) is 23.2 Å². The minimum absolute atomic E-state index is 0.313. The monoisotopic (exact) mass is 362 g/mol. The van der Waals surface area contributed by atoms with Gasteiger partial charge in [0.25, 0.3) is 0 Å². The second kappa shape index (κ2) is 8.77. The molecule has 0 atom stereocenters. The summed E-state index contributed by atoms with van der Waals surface area (Å²) in [6.07, 6.45) is 0.727. The molecule has 0 spiro atoms. The third-order valence-electron chi connectivity index (χ3n) is 3.92. The van der Waals surface area contributed by atoms with Crippen LogP contribution in [0.1, 0.15) is 34.0 Å². The van der Waals surface area contributed by atoms with Crippen molar-refractivity contribution in [3.05, 3.63) is 51.5 Å². The van der Waals surface area contributed by atoms with Gasteiger partial charge in [0.1, 0.15) is 25.2 Å². The van der Waals surface area contributed by atoms with Gasteiger partial charge in [0.15, 0.2) is 11.5 Å². The van der Waals surface area contributed by atoms with E-state index in [0.29, 0.717) is 41.9 Å². The van der Waals surface area contributed by atoms with Gasteiger partial charge in [-0.05, 0) is 56.5 Å². The Bertz CT molecular complexity index is 756. The van der Waals surface area contributed by atoms with Crippen molar-refractivity contribution in [1.82, 2.24) is 0 Å². The lowest BCUT2D eigenvalue weighted by Crippen LogP contribution is -2.11. The van der Waals surface area contributed by atoms with E-state index < -0.39 is 0 Å². The molecular formula is C20H23ClO4. The van der Waals surface area contributed by atoms with E-state index in [1.807, 2.05) is 26.8 Å². The standard InChI is InChI=1S/C20H23ClO4/c1-5-23-18-11-16(12-22)10-17(21)20(18)25-9-8-24-19-14(3)7-6-13(2)15(19)4/h6-7,10-12H,5,8-9H2,1-4H3. The molecule has 2 rings (SSSR count). The van der Waals surface area contributed by atoms with Gasteiger partial charge in [-0.2, -0.15) is 0 Å². The van der Waals surface area contributed by atoms with Gasteiger partial charge >= 0.3 is 0 Å². The number of carbonyl (C=O) groups excluding carboxylic acids is 1. The summed E-state index contributed by atoms with van der Waals surface area (Å²) in [5.74, 6) is 1.77. The van der Waals surface area contributed by atoms with Crippen LogP contribution in [0.25, 0.3) is 0 Å². The molecule has 0 radical (unpaired) electrons. The summed E-state index contributed by atoms with van der Waals surface area (Å²) in [6, 6.07) is 7.30. The molecule has 0 unspecified atom stereocenters. The Labute approximate surface area is 153 Å². The third kappa shape index (κ3) is 4.67. The maximum Gasteiger partial charge on any atom is 0.179 e. The lowest BCUT2D eigenvalue weighted by Gasteiger charge is -2.16. The van der Waals surface area contributed by atoms with Gasteiger partial charge in [-0.3, -0.25) is 4.79 Å². The van der Waals surface area contributed by atoms with E-state index in [-0.39, 0.29) is 0 Å².